The number of carbonyl (C=O) groups is 1. The number of para-hydroxylation sites is 2. The number of carbonyl (C=O) groups excluding carboxylic acids is 1. The molecule has 0 radical (unpaired) electrons. The molecule has 6 nitrogen and oxygen atoms in total. The van der Waals surface area contributed by atoms with Crippen molar-refractivity contribution in [2.75, 3.05) is 20.2 Å². The van der Waals surface area contributed by atoms with Crippen LogP contribution in [-0.2, 0) is 11.3 Å². The van der Waals surface area contributed by atoms with Crippen LogP contribution in [0.25, 0.3) is 5.69 Å². The summed E-state index contributed by atoms with van der Waals surface area (Å²) in [6.45, 7) is 5.34. The number of benzene rings is 1. The summed E-state index contributed by atoms with van der Waals surface area (Å²) in [6.07, 6.45) is 10.7. The highest BCUT2D eigenvalue weighted by atomic mass is 16.5. The van der Waals surface area contributed by atoms with Crippen LogP contribution in [0.15, 0.2) is 36.7 Å². The van der Waals surface area contributed by atoms with Gasteiger partial charge in [-0.2, -0.15) is 5.10 Å². The Bertz CT molecular complexity index is 926. The first-order valence-corrected chi connectivity index (χ1v) is 11.9. The second kappa shape index (κ2) is 8.65. The molecule has 0 saturated carbocycles. The second-order valence-corrected chi connectivity index (χ2v) is 9.53. The van der Waals surface area contributed by atoms with Gasteiger partial charge in [-0.1, -0.05) is 25.5 Å². The van der Waals surface area contributed by atoms with Crippen molar-refractivity contribution in [2.24, 2.45) is 11.8 Å². The third-order valence-electron chi connectivity index (χ3n) is 7.53. The Labute approximate surface area is 185 Å². The standard InChI is InChI=1S/C25H34N4O2/c1-3-7-21-19-12-20(22-9-6-11-25(30)29(21)22)17-27(16-19)14-18-13-26-28(15-18)23-8-4-5-10-24(23)31-2/h4-5,8,10,13,15,19-22H,3,6-7,9,11-12,14,16-17H2,1-2H3/t19-,20+,21-,22-/m0/s1. The van der Waals surface area contributed by atoms with Crippen molar-refractivity contribution >= 4 is 5.91 Å². The predicted octanol–water partition coefficient (Wildman–Crippen LogP) is 3.88. The molecule has 3 fully saturated rings. The minimum atomic E-state index is 0.413. The highest BCUT2D eigenvalue weighted by molar-refractivity contribution is 5.78. The fourth-order valence-corrected chi connectivity index (χ4v) is 6.32. The van der Waals surface area contributed by atoms with E-state index in [-0.39, 0.29) is 0 Å². The Kier molecular flexibility index (Phi) is 5.74. The van der Waals surface area contributed by atoms with E-state index in [2.05, 4.69) is 28.0 Å². The first-order chi connectivity index (χ1) is 15.2. The van der Waals surface area contributed by atoms with E-state index in [4.69, 9.17) is 4.74 Å². The maximum Gasteiger partial charge on any atom is 0.223 e. The molecule has 2 bridgehead atoms. The Balaban J connectivity index is 1.33. The number of aromatic nitrogens is 2. The molecule has 6 heteroatoms. The molecule has 1 amide bonds. The van der Waals surface area contributed by atoms with Crippen LogP contribution in [0.2, 0.25) is 0 Å². The zero-order valence-electron chi connectivity index (χ0n) is 18.7. The van der Waals surface area contributed by atoms with Crippen LogP contribution in [0.5, 0.6) is 5.75 Å². The van der Waals surface area contributed by atoms with Crippen LogP contribution in [0.1, 0.15) is 51.0 Å². The molecule has 0 N–H and O–H groups in total. The average Bonchev–Trinajstić information content (AvgIpc) is 3.25. The summed E-state index contributed by atoms with van der Waals surface area (Å²) in [5.41, 5.74) is 2.20. The lowest BCUT2D eigenvalue weighted by Crippen LogP contribution is -2.64. The second-order valence-electron chi connectivity index (χ2n) is 9.53. The fraction of sp³-hybridized carbons (Fsp3) is 0.600. The van der Waals surface area contributed by atoms with Crippen molar-refractivity contribution in [1.82, 2.24) is 19.6 Å². The highest BCUT2D eigenvalue weighted by Crippen LogP contribution is 2.43. The topological polar surface area (TPSA) is 50.6 Å². The van der Waals surface area contributed by atoms with Gasteiger partial charge in [0.15, 0.2) is 0 Å². The smallest absolute Gasteiger partial charge is 0.223 e. The molecular formula is C25H34N4O2. The largest absolute Gasteiger partial charge is 0.494 e. The molecule has 0 spiro atoms. The zero-order chi connectivity index (χ0) is 21.4. The number of hydrogen-bond acceptors (Lipinski definition) is 4. The third kappa shape index (κ3) is 3.86. The Morgan fingerprint density at radius 1 is 1.19 bits per heavy atom. The van der Waals surface area contributed by atoms with E-state index in [0.29, 0.717) is 29.8 Å². The Morgan fingerprint density at radius 2 is 2.03 bits per heavy atom. The zero-order valence-corrected chi connectivity index (χ0v) is 18.7. The van der Waals surface area contributed by atoms with Crippen LogP contribution >= 0.6 is 0 Å². The molecule has 4 heterocycles. The van der Waals surface area contributed by atoms with Crippen molar-refractivity contribution < 1.29 is 9.53 Å². The molecule has 0 aliphatic carbocycles. The molecule has 3 saturated heterocycles. The van der Waals surface area contributed by atoms with Crippen LogP contribution in [0.4, 0.5) is 0 Å². The van der Waals surface area contributed by atoms with Crippen LogP contribution in [-0.4, -0.2) is 57.8 Å². The summed E-state index contributed by atoms with van der Waals surface area (Å²) in [7, 11) is 1.70. The van der Waals surface area contributed by atoms with E-state index in [1.807, 2.05) is 35.1 Å². The highest BCUT2D eigenvalue weighted by Gasteiger charge is 2.48. The third-order valence-corrected chi connectivity index (χ3v) is 7.53. The van der Waals surface area contributed by atoms with Gasteiger partial charge in [0.05, 0.1) is 13.3 Å². The molecule has 2 aromatic rings. The normalized spacial score (nSPS) is 28.5. The summed E-state index contributed by atoms with van der Waals surface area (Å²) < 4.78 is 7.42. The monoisotopic (exact) mass is 422 g/mol. The van der Waals surface area contributed by atoms with Gasteiger partial charge in [-0.25, -0.2) is 4.68 Å². The maximum absolute atomic E-state index is 12.8. The van der Waals surface area contributed by atoms with Crippen LogP contribution in [0, 0.1) is 11.8 Å². The fourth-order valence-electron chi connectivity index (χ4n) is 6.32. The summed E-state index contributed by atoms with van der Waals surface area (Å²) in [5.74, 6) is 2.45. The van der Waals surface area contributed by atoms with Gasteiger partial charge in [-0.05, 0) is 49.7 Å². The number of amides is 1. The number of hydrogen-bond donors (Lipinski definition) is 0. The molecule has 0 unspecified atom stereocenters. The van der Waals surface area contributed by atoms with E-state index in [1.54, 1.807) is 7.11 Å². The quantitative estimate of drug-likeness (QED) is 0.709. The molecule has 166 valence electrons. The molecule has 3 aliphatic rings. The minimum absolute atomic E-state index is 0.413. The predicted molar refractivity (Wildman–Crippen MR) is 120 cm³/mol. The number of methoxy groups -OCH3 is 1. The lowest BCUT2D eigenvalue weighted by atomic mass is 9.71. The van der Waals surface area contributed by atoms with Crippen molar-refractivity contribution in [3.63, 3.8) is 0 Å². The number of piperidine rings is 3. The van der Waals surface area contributed by atoms with Crippen molar-refractivity contribution in [1.29, 1.82) is 0 Å². The SMILES string of the molecule is CCC[C@H]1[C@H]2C[C@H](CN(Cc3cnn(-c4ccccc4OC)c3)C2)[C@@H]2CCCC(=O)N21. The Morgan fingerprint density at radius 3 is 2.87 bits per heavy atom. The van der Waals surface area contributed by atoms with Gasteiger partial charge in [0.1, 0.15) is 11.4 Å². The van der Waals surface area contributed by atoms with Crippen molar-refractivity contribution in [3.8, 4) is 11.4 Å². The summed E-state index contributed by atoms with van der Waals surface area (Å²) in [6, 6.07) is 8.87. The maximum atomic E-state index is 12.8. The van der Waals surface area contributed by atoms with Gasteiger partial charge >= 0.3 is 0 Å². The molecule has 4 atom stereocenters. The summed E-state index contributed by atoms with van der Waals surface area (Å²) >= 11 is 0. The van der Waals surface area contributed by atoms with Crippen LogP contribution < -0.4 is 4.74 Å². The molecule has 1 aromatic carbocycles. The lowest BCUT2D eigenvalue weighted by molar-refractivity contribution is -0.153. The van der Waals surface area contributed by atoms with E-state index in [9.17, 15) is 4.79 Å². The van der Waals surface area contributed by atoms with Gasteiger partial charge in [0, 0.05) is 49.9 Å². The van der Waals surface area contributed by atoms with E-state index in [1.165, 1.54) is 18.4 Å². The minimum Gasteiger partial charge on any atom is -0.494 e. The summed E-state index contributed by atoms with van der Waals surface area (Å²) in [5, 5.41) is 4.61. The van der Waals surface area contributed by atoms with Gasteiger partial charge < -0.3 is 9.64 Å². The molecule has 31 heavy (non-hydrogen) atoms. The first-order valence-electron chi connectivity index (χ1n) is 11.9. The Hall–Kier alpha value is -2.34. The summed E-state index contributed by atoms with van der Waals surface area (Å²) in [4.78, 5) is 17.7. The number of likely N-dealkylation sites (tertiary alicyclic amines) is 1. The molecular weight excluding hydrogens is 388 g/mol. The number of fused-ring (bicyclic) bond motifs is 4. The lowest BCUT2D eigenvalue weighted by Gasteiger charge is -2.56. The van der Waals surface area contributed by atoms with Crippen molar-refractivity contribution in [2.45, 2.75) is 64.1 Å². The number of nitrogens with zero attached hydrogens (tertiary/aromatic N) is 4. The van der Waals surface area contributed by atoms with E-state index < -0.39 is 0 Å². The molecule has 1 aromatic heterocycles. The van der Waals surface area contributed by atoms with Gasteiger partial charge in [-0.3, -0.25) is 9.69 Å². The number of ether oxygens (including phenoxy) is 1. The molecule has 3 aliphatic heterocycles. The van der Waals surface area contributed by atoms with Crippen LogP contribution in [0.3, 0.4) is 0 Å². The van der Waals surface area contributed by atoms with E-state index in [0.717, 1.165) is 56.8 Å². The van der Waals surface area contributed by atoms with Gasteiger partial charge in [-0.15, -0.1) is 0 Å². The van der Waals surface area contributed by atoms with Gasteiger partial charge in [0.25, 0.3) is 0 Å². The van der Waals surface area contributed by atoms with Crippen molar-refractivity contribution in [3.05, 3.63) is 42.2 Å². The number of rotatable bonds is 6. The molecule has 5 rings (SSSR count). The average molecular weight is 423 g/mol. The van der Waals surface area contributed by atoms with E-state index >= 15 is 0 Å². The first kappa shape index (κ1) is 20.6. The van der Waals surface area contributed by atoms with Gasteiger partial charge in [0.2, 0.25) is 5.91 Å².